The highest BCUT2D eigenvalue weighted by molar-refractivity contribution is 8.04. The molecule has 0 saturated heterocycles. The smallest absolute Gasteiger partial charge is 0.305 e. The lowest BCUT2D eigenvalue weighted by molar-refractivity contribution is -0.140. The summed E-state index contributed by atoms with van der Waals surface area (Å²) >= 11 is 5.07. The van der Waals surface area contributed by atoms with E-state index < -0.39 is 161 Å². The highest BCUT2D eigenvalue weighted by Crippen LogP contribution is 2.09. The molecule has 6 atom stereocenters. The number of sulfonamides is 1. The van der Waals surface area contributed by atoms with Crippen molar-refractivity contribution >= 4 is 98.8 Å². The Hall–Kier alpha value is -5.02. The molecule has 0 aromatic carbocycles. The van der Waals surface area contributed by atoms with Gasteiger partial charge in [0, 0.05) is 31.9 Å². The Balaban J connectivity index is 6.40. The zero-order valence-corrected chi connectivity index (χ0v) is 32.5. The number of carbonyl (C=O) groups is 11. The van der Waals surface area contributed by atoms with E-state index in [0.29, 0.717) is 6.92 Å². The average molecular weight is 860 g/mol. The average Bonchev–Trinajstić information content (AvgIpc) is 3.09. The van der Waals surface area contributed by atoms with Crippen LogP contribution in [0.2, 0.25) is 0 Å². The number of carboxylic acid groups (broad SMARTS) is 4. The zero-order chi connectivity index (χ0) is 43.3. The van der Waals surface area contributed by atoms with Gasteiger partial charge in [-0.1, -0.05) is 0 Å². The second-order valence-corrected chi connectivity index (χ2v) is 14.9. The molecule has 0 heterocycles. The van der Waals surface area contributed by atoms with E-state index in [4.69, 9.17) is 15.9 Å². The number of amides is 6. The summed E-state index contributed by atoms with van der Waals surface area (Å²) in [5.74, 6) is -13.3. The zero-order valence-electron chi connectivity index (χ0n) is 30.0. The third kappa shape index (κ3) is 20.1. The number of hydrogen-bond acceptors (Lipinski definition) is 16. The number of aliphatic carboxylic acids is 4. The van der Waals surface area contributed by atoms with E-state index in [1.165, 1.54) is 16.5 Å². The molecule has 0 aromatic rings. The third-order valence-corrected chi connectivity index (χ3v) is 9.48. The summed E-state index contributed by atoms with van der Waals surface area (Å²) in [7, 11) is -4.78. The van der Waals surface area contributed by atoms with Crippen LogP contribution in [0.15, 0.2) is 0 Å². The van der Waals surface area contributed by atoms with Crippen LogP contribution in [0.3, 0.4) is 0 Å². The van der Waals surface area contributed by atoms with Crippen LogP contribution in [-0.4, -0.2) is 147 Å². The lowest BCUT2D eigenvalue weighted by Gasteiger charge is -2.27. The van der Waals surface area contributed by atoms with Crippen LogP contribution < -0.4 is 37.0 Å². The summed E-state index contributed by atoms with van der Waals surface area (Å²) in [6.45, 7) is 0.641. The minimum Gasteiger partial charge on any atom is -0.481 e. The van der Waals surface area contributed by atoms with Gasteiger partial charge in [0.2, 0.25) is 29.5 Å². The van der Waals surface area contributed by atoms with E-state index in [-0.39, 0.29) is 12.2 Å². The van der Waals surface area contributed by atoms with Crippen LogP contribution in [0, 0.1) is 0 Å². The fourth-order valence-electron chi connectivity index (χ4n) is 4.23. The van der Waals surface area contributed by atoms with Gasteiger partial charge >= 0.3 is 23.9 Å². The van der Waals surface area contributed by atoms with Crippen molar-refractivity contribution in [3.8, 4) is 0 Å². The highest BCUT2D eigenvalue weighted by Gasteiger charge is 2.34. The molecule has 0 aliphatic rings. The minimum atomic E-state index is -4.78. The fourth-order valence-corrected chi connectivity index (χ4v) is 5.51. The van der Waals surface area contributed by atoms with Crippen LogP contribution in [-0.2, 0) is 62.8 Å². The largest absolute Gasteiger partial charge is 0.481 e. The molecule has 0 aromatic heterocycles. The molecule has 27 heteroatoms. The van der Waals surface area contributed by atoms with E-state index in [0.717, 1.165) is 0 Å². The number of hydrogen-bond donors (Lipinski definition) is 12. The quantitative estimate of drug-likeness (QED) is 0.0365. The Morgan fingerprint density at radius 2 is 0.911 bits per heavy atom. The molecule has 316 valence electrons. The van der Waals surface area contributed by atoms with Gasteiger partial charge in [0.25, 0.3) is 21.0 Å². The third-order valence-electron chi connectivity index (χ3n) is 7.24. The van der Waals surface area contributed by atoms with Gasteiger partial charge in [-0.05, 0) is 37.7 Å². The summed E-state index contributed by atoms with van der Waals surface area (Å²) in [5, 5.41) is 46.0. The van der Waals surface area contributed by atoms with Crippen LogP contribution in [0.4, 0.5) is 0 Å². The molecule has 6 amide bonds. The van der Waals surface area contributed by atoms with E-state index in [1.807, 2.05) is 0 Å². The maximum absolute atomic E-state index is 13.5. The lowest BCUT2D eigenvalue weighted by Crippen LogP contribution is -2.60. The molecule has 0 aliphatic heterocycles. The van der Waals surface area contributed by atoms with Crippen LogP contribution in [0.5, 0.6) is 0 Å². The number of rotatable bonds is 26. The fraction of sp³-hybridized carbons (Fsp3) is 0.621. The molecule has 0 bridgehead atoms. The van der Waals surface area contributed by atoms with Crippen molar-refractivity contribution in [3.05, 3.63) is 0 Å². The molecule has 0 saturated carbocycles. The molecule has 56 heavy (non-hydrogen) atoms. The van der Waals surface area contributed by atoms with E-state index in [2.05, 4.69) is 39.2 Å². The summed E-state index contributed by atoms with van der Waals surface area (Å²) in [6.07, 6.45) is -3.35. The maximum Gasteiger partial charge on any atom is 0.305 e. The Morgan fingerprint density at radius 3 is 1.21 bits per heavy atom. The maximum atomic E-state index is 13.5. The van der Waals surface area contributed by atoms with Crippen LogP contribution in [0.1, 0.15) is 58.3 Å². The first kappa shape index (κ1) is 51.0. The minimum absolute atomic E-state index is 0.152. The molecule has 0 spiro atoms. The van der Waals surface area contributed by atoms with Crippen molar-refractivity contribution in [3.63, 3.8) is 0 Å². The normalized spacial score (nSPS) is 14.2. The summed E-state index contributed by atoms with van der Waals surface area (Å²) in [5.41, 5.74) is 5.54. The highest BCUT2D eigenvalue weighted by atomic mass is 32.2. The van der Waals surface area contributed by atoms with E-state index >= 15 is 0 Å². The number of nitrogens with two attached hydrogens (primary N) is 1. The Labute approximate surface area is 329 Å². The SMILES string of the molecule is CSCC[C@H](NC(=O)[C@H](CCC(=O)O)NC(=O)[C@@H](N)CC(=O)O)C(=O)N[C@@H](CCC(=O)O)C(=O)N[C@@H](CCC(=O)O)C(=O)N[C@@H](CS)C(=O)NS(=O)(=O)C(C)=O. The summed E-state index contributed by atoms with van der Waals surface area (Å²) in [6, 6.07) is -10.1. The first-order valence-electron chi connectivity index (χ1n) is 16.3. The Bertz CT molecular complexity index is 1610. The van der Waals surface area contributed by atoms with Crippen molar-refractivity contribution in [2.75, 3.05) is 17.8 Å². The molecule has 12 N–H and O–H groups in total. The van der Waals surface area contributed by atoms with E-state index in [1.54, 1.807) is 6.26 Å². The van der Waals surface area contributed by atoms with Gasteiger partial charge in [-0.3, -0.25) is 52.7 Å². The number of carbonyl (C=O) groups excluding carboxylic acids is 7. The first-order chi connectivity index (χ1) is 25.9. The van der Waals surface area contributed by atoms with Crippen molar-refractivity contribution in [2.24, 2.45) is 5.73 Å². The standard InChI is InChI=1S/C29H45N7O17S3/c1-13(37)56(52,53)36-29(51)19(12-54)35-27(49)17(5-8-22(42)43)32-26(48)16(4-7-21(40)41)33-28(50)18(9-10-55-2)34-25(47)15(3-6-20(38)39)31-24(46)14(30)11-23(44)45/h14-19,54H,3-12,30H2,1-2H3,(H,31,46)(H,32,48)(H,33,50)(H,34,47)(H,35,49)(H,36,51)(H,38,39)(H,40,41)(H,42,43)(H,44,45)/t14-,15-,16-,17-,18-,19-/m0/s1. The molecule has 0 unspecified atom stereocenters. The van der Waals surface area contributed by atoms with Crippen molar-refractivity contribution in [2.45, 2.75) is 94.5 Å². The summed E-state index contributed by atoms with van der Waals surface area (Å²) in [4.78, 5) is 135. The van der Waals surface area contributed by atoms with Crippen molar-refractivity contribution in [1.82, 2.24) is 31.3 Å². The molecule has 0 radical (unpaired) electrons. The van der Waals surface area contributed by atoms with Gasteiger partial charge in [-0.2, -0.15) is 32.8 Å². The summed E-state index contributed by atoms with van der Waals surface area (Å²) < 4.78 is 25.1. The lowest BCUT2D eigenvalue weighted by atomic mass is 10.1. The monoisotopic (exact) mass is 859 g/mol. The number of nitrogens with one attached hydrogen (secondary N) is 6. The van der Waals surface area contributed by atoms with Gasteiger partial charge < -0.3 is 52.7 Å². The van der Waals surface area contributed by atoms with Gasteiger partial charge in [0.05, 0.1) is 12.5 Å². The van der Waals surface area contributed by atoms with Gasteiger partial charge in [0.1, 0.15) is 30.2 Å². The number of thiol groups is 1. The number of thioether (sulfide) groups is 1. The Morgan fingerprint density at radius 1 is 0.571 bits per heavy atom. The van der Waals surface area contributed by atoms with Gasteiger partial charge in [-0.25, -0.2) is 4.72 Å². The Kier molecular flexibility index (Phi) is 22.9. The second-order valence-electron chi connectivity index (χ2n) is 11.7. The molecular weight excluding hydrogens is 815 g/mol. The molecule has 0 aliphatic carbocycles. The molecule has 24 nitrogen and oxygen atoms in total. The number of carboxylic acids is 4. The molecule has 0 fully saturated rings. The van der Waals surface area contributed by atoms with Crippen molar-refractivity contribution in [1.29, 1.82) is 0 Å². The predicted octanol–water partition coefficient (Wildman–Crippen LogP) is -4.52. The molecular formula is C29H45N7O17S3. The predicted molar refractivity (Wildman–Crippen MR) is 195 cm³/mol. The van der Waals surface area contributed by atoms with Gasteiger partial charge in [0.15, 0.2) is 0 Å². The van der Waals surface area contributed by atoms with Crippen LogP contribution >= 0.6 is 24.4 Å². The topological polar surface area (TPSA) is 401 Å². The molecule has 0 rings (SSSR count). The van der Waals surface area contributed by atoms with E-state index in [9.17, 15) is 71.4 Å². The van der Waals surface area contributed by atoms with Gasteiger partial charge in [-0.15, -0.1) is 0 Å². The second kappa shape index (κ2) is 25.2. The van der Waals surface area contributed by atoms with Crippen LogP contribution in [0.25, 0.3) is 0 Å². The first-order valence-corrected chi connectivity index (χ1v) is 19.8. The van der Waals surface area contributed by atoms with Crippen molar-refractivity contribution < 1.29 is 81.6 Å².